The van der Waals surface area contributed by atoms with Crippen LogP contribution in [0.2, 0.25) is 0 Å². The Morgan fingerprint density at radius 2 is 1.82 bits per heavy atom. The van der Waals surface area contributed by atoms with Crippen molar-refractivity contribution < 1.29 is 4.74 Å². The fraction of sp³-hybridized carbons (Fsp3) is 0.625. The summed E-state index contributed by atoms with van der Waals surface area (Å²) < 4.78 is 5.90. The Labute approximate surface area is 105 Å². The molecule has 1 aliphatic carbocycles. The molecule has 0 unspecified atom stereocenters. The summed E-state index contributed by atoms with van der Waals surface area (Å²) in [5.41, 5.74) is 3.05. The maximum absolute atomic E-state index is 5.90. The number of rotatable bonds is 3. The monoisotopic (exact) mass is 232 g/mol. The van der Waals surface area contributed by atoms with Crippen LogP contribution in [0, 0.1) is 0 Å². The Hall–Kier alpha value is -0.980. The van der Waals surface area contributed by atoms with E-state index in [2.05, 4.69) is 52.8 Å². The maximum atomic E-state index is 5.90. The number of hydrogen-bond donors (Lipinski definition) is 0. The van der Waals surface area contributed by atoms with Crippen molar-refractivity contribution in [3.63, 3.8) is 0 Å². The molecule has 1 aromatic carbocycles. The number of ether oxygens (including phenoxy) is 1. The minimum absolute atomic E-state index is 0.183. The molecule has 1 aliphatic rings. The van der Waals surface area contributed by atoms with Crippen molar-refractivity contribution in [2.45, 2.75) is 64.9 Å². The van der Waals surface area contributed by atoms with Gasteiger partial charge in [0.15, 0.2) is 0 Å². The average molecular weight is 232 g/mol. The van der Waals surface area contributed by atoms with E-state index in [0.29, 0.717) is 12.0 Å². The molecule has 0 aromatic heterocycles. The predicted octanol–water partition coefficient (Wildman–Crippen LogP) is 4.65. The van der Waals surface area contributed by atoms with Gasteiger partial charge in [0.25, 0.3) is 0 Å². The van der Waals surface area contributed by atoms with E-state index in [4.69, 9.17) is 4.74 Å². The molecule has 0 radical (unpaired) electrons. The highest BCUT2D eigenvalue weighted by molar-refractivity contribution is 5.41. The Balaban J connectivity index is 2.34. The highest BCUT2D eigenvalue weighted by Gasteiger charge is 2.25. The molecule has 0 spiro atoms. The Morgan fingerprint density at radius 1 is 1.18 bits per heavy atom. The number of hydrogen-bond acceptors (Lipinski definition) is 1. The van der Waals surface area contributed by atoms with Gasteiger partial charge in [0.05, 0.1) is 6.10 Å². The van der Waals surface area contributed by atoms with Gasteiger partial charge in [0.2, 0.25) is 0 Å². The smallest absolute Gasteiger partial charge is 0.120 e. The van der Waals surface area contributed by atoms with Crippen molar-refractivity contribution in [3.8, 4) is 5.75 Å². The summed E-state index contributed by atoms with van der Waals surface area (Å²) in [5.74, 6) is 1.61. The lowest BCUT2D eigenvalue weighted by molar-refractivity contribution is 0.302. The first-order valence-corrected chi connectivity index (χ1v) is 6.69. The Bertz CT molecular complexity index is 394. The van der Waals surface area contributed by atoms with Crippen molar-refractivity contribution in [3.05, 3.63) is 29.3 Å². The van der Waals surface area contributed by atoms with Crippen molar-refractivity contribution in [2.24, 2.45) is 0 Å². The normalized spacial score (nSPS) is 16.4. The van der Waals surface area contributed by atoms with E-state index in [9.17, 15) is 0 Å². The molecule has 1 heteroatoms. The summed E-state index contributed by atoms with van der Waals surface area (Å²) in [6.45, 7) is 11.3. The second kappa shape index (κ2) is 4.36. The molecule has 17 heavy (non-hydrogen) atoms. The first-order chi connectivity index (χ1) is 7.88. The zero-order chi connectivity index (χ0) is 12.6. The second-order valence-electron chi connectivity index (χ2n) is 6.47. The van der Waals surface area contributed by atoms with Crippen molar-refractivity contribution >= 4 is 0 Å². The van der Waals surface area contributed by atoms with Crippen LogP contribution in [-0.4, -0.2) is 6.10 Å². The molecular weight excluding hydrogens is 208 g/mol. The van der Waals surface area contributed by atoms with E-state index in [1.165, 1.54) is 24.0 Å². The average Bonchev–Trinajstić information content (AvgIpc) is 3.00. The molecular formula is C16H24O. The van der Waals surface area contributed by atoms with Gasteiger partial charge in [0.1, 0.15) is 5.75 Å². The van der Waals surface area contributed by atoms with Gasteiger partial charge in [-0.15, -0.1) is 0 Å². The van der Waals surface area contributed by atoms with E-state index in [0.717, 1.165) is 5.75 Å². The van der Waals surface area contributed by atoms with E-state index < -0.39 is 0 Å². The standard InChI is InChI=1S/C16H24O/c1-11(2)14-9-8-13(17-12-6-7-12)10-15(14)16(3,4)5/h8-12H,6-7H2,1-5H3. The van der Waals surface area contributed by atoms with Gasteiger partial charge in [-0.2, -0.15) is 0 Å². The van der Waals surface area contributed by atoms with E-state index >= 15 is 0 Å². The van der Waals surface area contributed by atoms with Crippen molar-refractivity contribution in [1.82, 2.24) is 0 Å². The van der Waals surface area contributed by atoms with Gasteiger partial charge in [-0.05, 0) is 47.4 Å². The fourth-order valence-electron chi connectivity index (χ4n) is 2.14. The first-order valence-electron chi connectivity index (χ1n) is 6.69. The van der Waals surface area contributed by atoms with E-state index in [-0.39, 0.29) is 5.41 Å². The minimum atomic E-state index is 0.183. The zero-order valence-electron chi connectivity index (χ0n) is 11.7. The lowest BCUT2D eigenvalue weighted by atomic mass is 9.80. The molecule has 1 aromatic rings. The summed E-state index contributed by atoms with van der Waals surface area (Å²) in [6.07, 6.45) is 2.92. The predicted molar refractivity (Wildman–Crippen MR) is 72.9 cm³/mol. The van der Waals surface area contributed by atoms with Gasteiger partial charge >= 0.3 is 0 Å². The van der Waals surface area contributed by atoms with Crippen LogP contribution in [0.5, 0.6) is 5.75 Å². The van der Waals surface area contributed by atoms with Crippen molar-refractivity contribution in [1.29, 1.82) is 0 Å². The van der Waals surface area contributed by atoms with Gasteiger partial charge in [-0.25, -0.2) is 0 Å². The molecule has 94 valence electrons. The summed E-state index contributed by atoms with van der Waals surface area (Å²) in [7, 11) is 0. The molecule has 0 N–H and O–H groups in total. The molecule has 2 rings (SSSR count). The summed E-state index contributed by atoms with van der Waals surface area (Å²) in [4.78, 5) is 0. The van der Waals surface area contributed by atoms with Crippen LogP contribution in [0.25, 0.3) is 0 Å². The summed E-state index contributed by atoms with van der Waals surface area (Å²) in [5, 5.41) is 0. The van der Waals surface area contributed by atoms with E-state index in [1.807, 2.05) is 0 Å². The molecule has 0 saturated heterocycles. The van der Waals surface area contributed by atoms with Crippen LogP contribution >= 0.6 is 0 Å². The molecule has 0 amide bonds. The third-order valence-electron chi connectivity index (χ3n) is 3.28. The molecule has 0 heterocycles. The van der Waals surface area contributed by atoms with Gasteiger partial charge < -0.3 is 4.74 Å². The minimum Gasteiger partial charge on any atom is -0.490 e. The Kier molecular flexibility index (Phi) is 3.20. The largest absolute Gasteiger partial charge is 0.490 e. The van der Waals surface area contributed by atoms with Crippen LogP contribution in [-0.2, 0) is 5.41 Å². The highest BCUT2D eigenvalue weighted by atomic mass is 16.5. The Morgan fingerprint density at radius 3 is 2.29 bits per heavy atom. The molecule has 0 aliphatic heterocycles. The van der Waals surface area contributed by atoms with E-state index in [1.54, 1.807) is 0 Å². The zero-order valence-corrected chi connectivity index (χ0v) is 11.7. The third kappa shape index (κ3) is 3.02. The van der Waals surface area contributed by atoms with Crippen LogP contribution in [0.3, 0.4) is 0 Å². The molecule has 1 nitrogen and oxygen atoms in total. The molecule has 1 fully saturated rings. The molecule has 0 atom stereocenters. The topological polar surface area (TPSA) is 9.23 Å². The second-order valence-corrected chi connectivity index (χ2v) is 6.47. The lowest BCUT2D eigenvalue weighted by Crippen LogP contribution is -2.15. The number of benzene rings is 1. The fourth-order valence-corrected chi connectivity index (χ4v) is 2.14. The summed E-state index contributed by atoms with van der Waals surface area (Å²) >= 11 is 0. The van der Waals surface area contributed by atoms with Crippen LogP contribution < -0.4 is 4.74 Å². The van der Waals surface area contributed by atoms with Gasteiger partial charge in [0, 0.05) is 0 Å². The summed E-state index contributed by atoms with van der Waals surface area (Å²) in [6, 6.07) is 6.61. The lowest BCUT2D eigenvalue weighted by Gasteiger charge is -2.25. The van der Waals surface area contributed by atoms with Gasteiger partial charge in [-0.1, -0.05) is 40.7 Å². The van der Waals surface area contributed by atoms with Crippen molar-refractivity contribution in [2.75, 3.05) is 0 Å². The SMILES string of the molecule is CC(C)c1ccc(OC2CC2)cc1C(C)(C)C. The molecule has 0 bridgehead atoms. The van der Waals surface area contributed by atoms with Crippen LogP contribution in [0.1, 0.15) is 64.5 Å². The first kappa shape index (κ1) is 12.5. The van der Waals surface area contributed by atoms with Gasteiger partial charge in [-0.3, -0.25) is 0 Å². The highest BCUT2D eigenvalue weighted by Crippen LogP contribution is 2.35. The maximum Gasteiger partial charge on any atom is 0.120 e. The van der Waals surface area contributed by atoms with Crippen LogP contribution in [0.15, 0.2) is 18.2 Å². The van der Waals surface area contributed by atoms with Crippen LogP contribution in [0.4, 0.5) is 0 Å². The quantitative estimate of drug-likeness (QED) is 0.737. The molecule has 1 saturated carbocycles. The third-order valence-corrected chi connectivity index (χ3v) is 3.28.